The molecule has 2 aromatic carbocycles. The first-order valence-electron chi connectivity index (χ1n) is 8.21. The zero-order valence-electron chi connectivity index (χ0n) is 14.1. The number of furan rings is 1. The second-order valence-electron chi connectivity index (χ2n) is 5.88. The van der Waals surface area contributed by atoms with Crippen LogP contribution in [-0.4, -0.2) is 11.2 Å². The topological polar surface area (TPSA) is 50.4 Å². The van der Waals surface area contributed by atoms with Gasteiger partial charge < -0.3 is 4.42 Å². The fourth-order valence-electron chi connectivity index (χ4n) is 2.79. The number of fused-ring (bicyclic) bond motifs is 1. The second-order valence-corrected chi connectivity index (χ2v) is 5.88. The molecule has 0 aliphatic carbocycles. The lowest BCUT2D eigenvalue weighted by Gasteiger charge is -2.06. The molecule has 1 N–H and O–H groups in total. The number of nitrogens with zero attached hydrogens (tertiary/aromatic N) is 2. The smallest absolute Gasteiger partial charge is 0.147 e. The third-order valence-corrected chi connectivity index (χ3v) is 3.99. The quantitative estimate of drug-likeness (QED) is 0.398. The number of nitrogens with one attached hydrogen (secondary N) is 1. The van der Waals surface area contributed by atoms with Gasteiger partial charge in [-0.1, -0.05) is 30.3 Å². The molecule has 0 amide bonds. The van der Waals surface area contributed by atoms with Crippen molar-refractivity contribution in [3.05, 3.63) is 84.0 Å². The normalized spacial score (nSPS) is 11.3. The molecule has 4 nitrogen and oxygen atoms in total. The molecule has 0 atom stereocenters. The van der Waals surface area contributed by atoms with Crippen LogP contribution in [0, 0.1) is 12.7 Å². The summed E-state index contributed by atoms with van der Waals surface area (Å²) in [5.41, 5.74) is 6.14. The van der Waals surface area contributed by atoms with Gasteiger partial charge in [-0.05, 0) is 43.3 Å². The molecular weight excluding hydrogens is 329 g/mol. The van der Waals surface area contributed by atoms with E-state index in [0.717, 1.165) is 22.3 Å². The van der Waals surface area contributed by atoms with Gasteiger partial charge >= 0.3 is 0 Å². The molecule has 2 aromatic heterocycles. The first-order chi connectivity index (χ1) is 12.7. The van der Waals surface area contributed by atoms with Crippen LogP contribution < -0.4 is 5.43 Å². The minimum Gasteiger partial charge on any atom is -0.455 e. The Morgan fingerprint density at radius 1 is 1.04 bits per heavy atom. The van der Waals surface area contributed by atoms with Crippen LogP contribution in [0.2, 0.25) is 0 Å². The van der Waals surface area contributed by atoms with Crippen LogP contribution in [0.5, 0.6) is 0 Å². The van der Waals surface area contributed by atoms with E-state index in [0.29, 0.717) is 17.1 Å². The number of aromatic nitrogens is 1. The first kappa shape index (κ1) is 16.0. The molecule has 0 saturated heterocycles. The van der Waals surface area contributed by atoms with Gasteiger partial charge in [0, 0.05) is 11.1 Å². The Morgan fingerprint density at radius 3 is 2.73 bits per heavy atom. The Morgan fingerprint density at radius 2 is 1.85 bits per heavy atom. The third-order valence-electron chi connectivity index (χ3n) is 3.99. The number of hydrogen-bond donors (Lipinski definition) is 1. The standard InChI is InChI=1S/C21H16FN3O/c1-14-12-20(17-7-3-5-9-19(17)24-14)25-23-13-15-10-11-21(26-15)16-6-2-4-8-18(16)22/h2-13H,1H3,(H,24,25)/b23-13+. The molecule has 4 aromatic rings. The summed E-state index contributed by atoms with van der Waals surface area (Å²) in [7, 11) is 0. The first-order valence-corrected chi connectivity index (χ1v) is 8.21. The monoisotopic (exact) mass is 345 g/mol. The predicted octanol–water partition coefficient (Wildman–Crippen LogP) is 5.39. The highest BCUT2D eigenvalue weighted by Crippen LogP contribution is 2.25. The minimum atomic E-state index is -0.317. The van der Waals surface area contributed by atoms with Gasteiger partial charge in [-0.3, -0.25) is 10.4 Å². The Balaban J connectivity index is 1.56. The van der Waals surface area contributed by atoms with Crippen LogP contribution in [0.25, 0.3) is 22.2 Å². The highest BCUT2D eigenvalue weighted by molar-refractivity contribution is 5.91. The van der Waals surface area contributed by atoms with Crippen LogP contribution in [0.4, 0.5) is 10.1 Å². The van der Waals surface area contributed by atoms with Gasteiger partial charge in [0.05, 0.1) is 23.0 Å². The van der Waals surface area contributed by atoms with Gasteiger partial charge in [0.2, 0.25) is 0 Å². The Bertz CT molecular complexity index is 1100. The number of pyridine rings is 1. The zero-order valence-corrected chi connectivity index (χ0v) is 14.1. The van der Waals surface area contributed by atoms with Gasteiger partial charge in [-0.25, -0.2) is 4.39 Å². The Hall–Kier alpha value is -3.47. The van der Waals surface area contributed by atoms with Crippen molar-refractivity contribution in [3.8, 4) is 11.3 Å². The average Bonchev–Trinajstić information content (AvgIpc) is 3.10. The van der Waals surface area contributed by atoms with E-state index in [1.165, 1.54) is 6.07 Å². The van der Waals surface area contributed by atoms with Gasteiger partial charge in [0.25, 0.3) is 0 Å². The number of hydrazone groups is 1. The van der Waals surface area contributed by atoms with E-state index in [1.54, 1.807) is 36.5 Å². The summed E-state index contributed by atoms with van der Waals surface area (Å²) in [5, 5.41) is 5.23. The highest BCUT2D eigenvalue weighted by Gasteiger charge is 2.08. The van der Waals surface area contributed by atoms with Crippen LogP contribution in [0.1, 0.15) is 11.5 Å². The fraction of sp³-hybridized carbons (Fsp3) is 0.0476. The van der Waals surface area contributed by atoms with Crippen molar-refractivity contribution in [3.63, 3.8) is 0 Å². The maximum atomic E-state index is 13.8. The molecule has 0 fully saturated rings. The molecule has 0 unspecified atom stereocenters. The fourth-order valence-corrected chi connectivity index (χ4v) is 2.79. The summed E-state index contributed by atoms with van der Waals surface area (Å²) in [4.78, 5) is 4.50. The summed E-state index contributed by atoms with van der Waals surface area (Å²) < 4.78 is 19.5. The van der Waals surface area contributed by atoms with Gasteiger partial charge in [0.15, 0.2) is 0 Å². The van der Waals surface area contributed by atoms with Crippen LogP contribution in [0.15, 0.2) is 76.2 Å². The van der Waals surface area contributed by atoms with E-state index in [1.807, 2.05) is 37.3 Å². The molecule has 5 heteroatoms. The molecule has 4 rings (SSSR count). The molecule has 0 aliphatic heterocycles. The largest absolute Gasteiger partial charge is 0.455 e. The SMILES string of the molecule is Cc1cc(N/N=C/c2ccc(-c3ccccc3F)o2)c2ccccc2n1. The summed E-state index contributed by atoms with van der Waals surface area (Å²) in [6.45, 7) is 1.94. The number of halogens is 1. The van der Waals surface area contributed by atoms with Gasteiger partial charge in [-0.15, -0.1) is 0 Å². The van der Waals surface area contributed by atoms with Crippen LogP contribution in [0.3, 0.4) is 0 Å². The molecule has 0 saturated carbocycles. The summed E-state index contributed by atoms with van der Waals surface area (Å²) in [6, 6.07) is 19.8. The van der Waals surface area contributed by atoms with Gasteiger partial charge in [-0.2, -0.15) is 5.10 Å². The Labute approximate surface area is 150 Å². The molecule has 0 bridgehead atoms. The molecule has 26 heavy (non-hydrogen) atoms. The van der Waals surface area contributed by atoms with Gasteiger partial charge in [0.1, 0.15) is 17.3 Å². The lowest BCUT2D eigenvalue weighted by molar-refractivity contribution is 0.563. The number of hydrogen-bond acceptors (Lipinski definition) is 4. The lowest BCUT2D eigenvalue weighted by atomic mass is 10.1. The number of rotatable bonds is 4. The summed E-state index contributed by atoms with van der Waals surface area (Å²) in [6.07, 6.45) is 1.56. The number of aryl methyl sites for hydroxylation is 1. The number of benzene rings is 2. The van der Waals surface area contributed by atoms with E-state index >= 15 is 0 Å². The number of anilines is 1. The molecule has 0 spiro atoms. The summed E-state index contributed by atoms with van der Waals surface area (Å²) >= 11 is 0. The Kier molecular flexibility index (Phi) is 4.19. The highest BCUT2D eigenvalue weighted by atomic mass is 19.1. The van der Waals surface area contributed by atoms with Crippen molar-refractivity contribution >= 4 is 22.8 Å². The van der Waals surface area contributed by atoms with E-state index in [4.69, 9.17) is 4.42 Å². The molecule has 0 radical (unpaired) electrons. The van der Waals surface area contributed by atoms with Crippen LogP contribution >= 0.6 is 0 Å². The minimum absolute atomic E-state index is 0.317. The van der Waals surface area contributed by atoms with Crippen molar-refractivity contribution in [2.75, 3.05) is 5.43 Å². The maximum absolute atomic E-state index is 13.8. The molecule has 128 valence electrons. The van der Waals surface area contributed by atoms with Crippen molar-refractivity contribution in [1.29, 1.82) is 0 Å². The molecular formula is C21H16FN3O. The van der Waals surface area contributed by atoms with E-state index in [9.17, 15) is 4.39 Å². The van der Waals surface area contributed by atoms with E-state index in [2.05, 4.69) is 15.5 Å². The van der Waals surface area contributed by atoms with Crippen LogP contribution in [-0.2, 0) is 0 Å². The third kappa shape index (κ3) is 3.19. The maximum Gasteiger partial charge on any atom is 0.147 e. The van der Waals surface area contributed by atoms with E-state index < -0.39 is 0 Å². The average molecular weight is 345 g/mol. The zero-order chi connectivity index (χ0) is 17.9. The summed E-state index contributed by atoms with van der Waals surface area (Å²) in [5.74, 6) is 0.683. The second kappa shape index (κ2) is 6.80. The predicted molar refractivity (Wildman–Crippen MR) is 102 cm³/mol. The van der Waals surface area contributed by atoms with E-state index in [-0.39, 0.29) is 5.82 Å². The molecule has 2 heterocycles. The van der Waals surface area contributed by atoms with Crippen molar-refractivity contribution in [2.45, 2.75) is 6.92 Å². The molecule has 0 aliphatic rings. The number of para-hydroxylation sites is 1. The van der Waals surface area contributed by atoms with Crippen molar-refractivity contribution in [1.82, 2.24) is 4.98 Å². The lowest BCUT2D eigenvalue weighted by Crippen LogP contribution is -1.94. The van der Waals surface area contributed by atoms with Crippen molar-refractivity contribution < 1.29 is 8.81 Å². The van der Waals surface area contributed by atoms with Crippen molar-refractivity contribution in [2.24, 2.45) is 5.10 Å².